The lowest BCUT2D eigenvalue weighted by Crippen LogP contribution is -2.14. The van der Waals surface area contributed by atoms with Crippen molar-refractivity contribution in [2.45, 2.75) is 13.8 Å². The number of carbonyl (C=O) groups is 1. The standard InChI is InChI=1S/C16H14FN5O/c1-10-6-11(2)22(21-10)15-8-14(18-9-19-15)20-16(23)12-4-3-5-13(17)7-12/h3-9H,1-2H3,(H,18,19,20,23). The molecule has 0 radical (unpaired) electrons. The second-order valence-electron chi connectivity index (χ2n) is 5.06. The van der Waals surface area contributed by atoms with Crippen LogP contribution in [0.3, 0.4) is 0 Å². The average Bonchev–Trinajstić information content (AvgIpc) is 2.86. The quantitative estimate of drug-likeness (QED) is 0.807. The van der Waals surface area contributed by atoms with E-state index >= 15 is 0 Å². The summed E-state index contributed by atoms with van der Waals surface area (Å²) in [6.07, 6.45) is 1.34. The molecule has 0 fully saturated rings. The van der Waals surface area contributed by atoms with Gasteiger partial charge in [0.15, 0.2) is 5.82 Å². The van der Waals surface area contributed by atoms with E-state index in [1.165, 1.54) is 30.6 Å². The largest absolute Gasteiger partial charge is 0.306 e. The molecular formula is C16H14FN5O. The molecule has 1 amide bonds. The van der Waals surface area contributed by atoms with Crippen LogP contribution in [0.25, 0.3) is 5.82 Å². The highest BCUT2D eigenvalue weighted by Crippen LogP contribution is 2.13. The van der Waals surface area contributed by atoms with E-state index in [2.05, 4.69) is 20.4 Å². The SMILES string of the molecule is Cc1cc(C)n(-c2cc(NC(=O)c3cccc(F)c3)ncn2)n1. The van der Waals surface area contributed by atoms with Crippen molar-refractivity contribution in [3.63, 3.8) is 0 Å². The van der Waals surface area contributed by atoms with E-state index in [4.69, 9.17) is 0 Å². The van der Waals surface area contributed by atoms with E-state index in [1.54, 1.807) is 10.7 Å². The van der Waals surface area contributed by atoms with Crippen LogP contribution in [0.4, 0.5) is 10.2 Å². The molecule has 3 aromatic rings. The Morgan fingerprint density at radius 3 is 2.70 bits per heavy atom. The molecule has 0 aliphatic heterocycles. The number of amides is 1. The molecule has 3 rings (SSSR count). The van der Waals surface area contributed by atoms with Gasteiger partial charge in [0, 0.05) is 17.3 Å². The molecule has 0 saturated carbocycles. The van der Waals surface area contributed by atoms with Crippen LogP contribution in [-0.2, 0) is 0 Å². The summed E-state index contributed by atoms with van der Waals surface area (Å²) in [5.41, 5.74) is 2.01. The van der Waals surface area contributed by atoms with Crippen molar-refractivity contribution in [1.82, 2.24) is 19.7 Å². The van der Waals surface area contributed by atoms with E-state index in [9.17, 15) is 9.18 Å². The summed E-state index contributed by atoms with van der Waals surface area (Å²) in [6, 6.07) is 8.98. The zero-order valence-electron chi connectivity index (χ0n) is 12.6. The number of hydrogen-bond donors (Lipinski definition) is 1. The van der Waals surface area contributed by atoms with Crippen LogP contribution in [-0.4, -0.2) is 25.7 Å². The number of carbonyl (C=O) groups excluding carboxylic acids is 1. The minimum Gasteiger partial charge on any atom is -0.306 e. The molecular weight excluding hydrogens is 297 g/mol. The predicted molar refractivity (Wildman–Crippen MR) is 83.0 cm³/mol. The Morgan fingerprint density at radius 2 is 2.00 bits per heavy atom. The second-order valence-corrected chi connectivity index (χ2v) is 5.06. The Hall–Kier alpha value is -3.09. The van der Waals surface area contributed by atoms with E-state index in [0.717, 1.165) is 11.4 Å². The van der Waals surface area contributed by atoms with Gasteiger partial charge in [-0.05, 0) is 38.1 Å². The van der Waals surface area contributed by atoms with Crippen LogP contribution < -0.4 is 5.32 Å². The first-order valence-corrected chi connectivity index (χ1v) is 6.95. The highest BCUT2D eigenvalue weighted by molar-refractivity contribution is 6.03. The van der Waals surface area contributed by atoms with Gasteiger partial charge in [0.05, 0.1) is 5.69 Å². The average molecular weight is 311 g/mol. The minimum absolute atomic E-state index is 0.219. The smallest absolute Gasteiger partial charge is 0.256 e. The van der Waals surface area contributed by atoms with Gasteiger partial charge in [0.1, 0.15) is 18.0 Å². The molecule has 0 atom stereocenters. The molecule has 1 aromatic carbocycles. The Balaban J connectivity index is 1.86. The van der Waals surface area contributed by atoms with Gasteiger partial charge in [-0.25, -0.2) is 19.0 Å². The summed E-state index contributed by atoms with van der Waals surface area (Å²) in [5.74, 6) is -0.0526. The molecule has 0 aliphatic rings. The van der Waals surface area contributed by atoms with Gasteiger partial charge in [-0.2, -0.15) is 5.10 Å². The van der Waals surface area contributed by atoms with Crippen LogP contribution >= 0.6 is 0 Å². The van der Waals surface area contributed by atoms with Gasteiger partial charge < -0.3 is 5.32 Å². The van der Waals surface area contributed by atoms with Gasteiger partial charge in [-0.1, -0.05) is 6.07 Å². The normalized spacial score (nSPS) is 10.6. The van der Waals surface area contributed by atoms with E-state index in [-0.39, 0.29) is 5.56 Å². The molecule has 6 nitrogen and oxygen atoms in total. The summed E-state index contributed by atoms with van der Waals surface area (Å²) in [4.78, 5) is 20.3. The number of benzene rings is 1. The first-order valence-electron chi connectivity index (χ1n) is 6.95. The number of anilines is 1. The van der Waals surface area contributed by atoms with E-state index < -0.39 is 11.7 Å². The number of nitrogens with one attached hydrogen (secondary N) is 1. The molecule has 0 aliphatic carbocycles. The van der Waals surface area contributed by atoms with Crippen molar-refractivity contribution >= 4 is 11.7 Å². The predicted octanol–water partition coefficient (Wildman–Crippen LogP) is 2.67. The third kappa shape index (κ3) is 3.23. The molecule has 23 heavy (non-hydrogen) atoms. The number of rotatable bonds is 3. The summed E-state index contributed by atoms with van der Waals surface area (Å²) in [7, 11) is 0. The highest BCUT2D eigenvalue weighted by atomic mass is 19.1. The Morgan fingerprint density at radius 1 is 1.17 bits per heavy atom. The maximum Gasteiger partial charge on any atom is 0.256 e. The molecule has 1 N–H and O–H groups in total. The topological polar surface area (TPSA) is 72.7 Å². The molecule has 0 bridgehead atoms. The first kappa shape index (κ1) is 14.8. The number of nitrogens with zero attached hydrogens (tertiary/aromatic N) is 4. The Bertz CT molecular complexity index is 874. The van der Waals surface area contributed by atoms with Crippen molar-refractivity contribution in [3.8, 4) is 5.82 Å². The highest BCUT2D eigenvalue weighted by Gasteiger charge is 2.10. The Labute approximate surface area is 132 Å². The lowest BCUT2D eigenvalue weighted by molar-refractivity contribution is 0.102. The number of aromatic nitrogens is 4. The molecule has 2 aromatic heterocycles. The molecule has 7 heteroatoms. The minimum atomic E-state index is -0.469. The van der Waals surface area contributed by atoms with E-state index in [1.807, 2.05) is 19.9 Å². The van der Waals surface area contributed by atoms with Crippen LogP contribution in [0.1, 0.15) is 21.7 Å². The van der Waals surface area contributed by atoms with Crippen molar-refractivity contribution in [2.24, 2.45) is 0 Å². The lowest BCUT2D eigenvalue weighted by atomic mass is 10.2. The summed E-state index contributed by atoms with van der Waals surface area (Å²) >= 11 is 0. The van der Waals surface area contributed by atoms with Crippen LogP contribution in [0.15, 0.2) is 42.7 Å². The monoisotopic (exact) mass is 311 g/mol. The van der Waals surface area contributed by atoms with Gasteiger partial charge >= 0.3 is 0 Å². The third-order valence-electron chi connectivity index (χ3n) is 3.21. The third-order valence-corrected chi connectivity index (χ3v) is 3.21. The fraction of sp³-hybridized carbons (Fsp3) is 0.125. The molecule has 2 heterocycles. The molecule has 0 spiro atoms. The Kier molecular flexibility index (Phi) is 3.84. The van der Waals surface area contributed by atoms with Gasteiger partial charge in [0.2, 0.25) is 0 Å². The van der Waals surface area contributed by atoms with E-state index in [0.29, 0.717) is 11.6 Å². The van der Waals surface area contributed by atoms with Crippen LogP contribution in [0.2, 0.25) is 0 Å². The van der Waals surface area contributed by atoms with Gasteiger partial charge in [0.25, 0.3) is 5.91 Å². The molecule has 116 valence electrons. The summed E-state index contributed by atoms with van der Waals surface area (Å²) < 4.78 is 14.8. The number of aryl methyl sites for hydroxylation is 2. The number of halogens is 1. The lowest BCUT2D eigenvalue weighted by Gasteiger charge is -2.07. The van der Waals surface area contributed by atoms with Crippen LogP contribution in [0, 0.1) is 19.7 Å². The van der Waals surface area contributed by atoms with Crippen molar-refractivity contribution in [2.75, 3.05) is 5.32 Å². The zero-order valence-corrected chi connectivity index (χ0v) is 12.6. The van der Waals surface area contributed by atoms with Crippen molar-refractivity contribution in [1.29, 1.82) is 0 Å². The fourth-order valence-corrected chi connectivity index (χ4v) is 2.21. The second kappa shape index (κ2) is 5.96. The van der Waals surface area contributed by atoms with Gasteiger partial charge in [-0.15, -0.1) is 0 Å². The van der Waals surface area contributed by atoms with Crippen LogP contribution in [0.5, 0.6) is 0 Å². The van der Waals surface area contributed by atoms with Crippen molar-refractivity contribution < 1.29 is 9.18 Å². The van der Waals surface area contributed by atoms with Gasteiger partial charge in [-0.3, -0.25) is 4.79 Å². The first-order chi connectivity index (χ1) is 11.0. The maximum atomic E-state index is 13.2. The summed E-state index contributed by atoms with van der Waals surface area (Å²) in [6.45, 7) is 3.80. The fourth-order valence-electron chi connectivity index (χ4n) is 2.21. The maximum absolute atomic E-state index is 13.2. The molecule has 0 saturated heterocycles. The summed E-state index contributed by atoms with van der Waals surface area (Å²) in [5, 5.41) is 6.96. The number of hydrogen-bond acceptors (Lipinski definition) is 4. The zero-order chi connectivity index (χ0) is 16.4. The molecule has 0 unspecified atom stereocenters. The van der Waals surface area contributed by atoms with Crippen molar-refractivity contribution in [3.05, 3.63) is 65.5 Å².